The predicted octanol–water partition coefficient (Wildman–Crippen LogP) is 1.76. The maximum Gasteiger partial charge on any atom is 0.389 e. The molecule has 0 aliphatic heterocycles. The highest BCUT2D eigenvalue weighted by atomic mass is 16.6. The molecule has 0 unspecified atom stereocenters. The van der Waals surface area contributed by atoms with E-state index in [1.807, 2.05) is 13.8 Å². The maximum atomic E-state index is 10.3. The molecule has 0 saturated carbocycles. The largest absolute Gasteiger partial charge is 0.389 e. The number of aromatic nitrogens is 2. The van der Waals surface area contributed by atoms with Crippen LogP contribution in [0.3, 0.4) is 0 Å². The molecule has 1 heterocycles. The van der Waals surface area contributed by atoms with Crippen molar-refractivity contribution in [1.82, 2.24) is 9.78 Å². The maximum absolute atomic E-state index is 10.3. The molecule has 0 spiro atoms. The predicted molar refractivity (Wildman–Crippen MR) is 43.9 cm³/mol. The zero-order valence-corrected chi connectivity index (χ0v) is 7.10. The van der Waals surface area contributed by atoms with Gasteiger partial charge < -0.3 is 10.1 Å². The molecule has 0 fully saturated rings. The van der Waals surface area contributed by atoms with Gasteiger partial charge in [-0.05, 0) is 18.3 Å². The fourth-order valence-electron chi connectivity index (χ4n) is 0.858. The second-order valence-corrected chi connectivity index (χ2v) is 2.67. The monoisotopic (exact) mass is 169 g/mol. The van der Waals surface area contributed by atoms with Crippen LogP contribution in [0, 0.1) is 10.1 Å². The molecule has 0 N–H and O–H groups in total. The number of nitrogens with zero attached hydrogens (tertiary/aromatic N) is 3. The van der Waals surface area contributed by atoms with Crippen LogP contribution in [0.4, 0.5) is 5.82 Å². The van der Waals surface area contributed by atoms with E-state index in [1.54, 1.807) is 10.9 Å². The van der Waals surface area contributed by atoms with Crippen molar-refractivity contribution in [2.45, 2.75) is 26.3 Å². The van der Waals surface area contributed by atoms with Gasteiger partial charge in [0, 0.05) is 0 Å². The molecule has 0 bridgehead atoms. The van der Waals surface area contributed by atoms with Crippen LogP contribution in [-0.2, 0) is 0 Å². The van der Waals surface area contributed by atoms with Gasteiger partial charge in [-0.25, -0.2) is 0 Å². The van der Waals surface area contributed by atoms with Crippen LogP contribution in [0.5, 0.6) is 0 Å². The summed E-state index contributed by atoms with van der Waals surface area (Å²) in [6.07, 6.45) is 2.55. The fraction of sp³-hybridized carbons (Fsp3) is 0.571. The van der Waals surface area contributed by atoms with E-state index in [4.69, 9.17) is 0 Å². The van der Waals surface area contributed by atoms with Crippen LogP contribution >= 0.6 is 0 Å². The van der Waals surface area contributed by atoms with Crippen LogP contribution in [0.15, 0.2) is 12.3 Å². The average molecular weight is 169 g/mol. The second-order valence-electron chi connectivity index (χ2n) is 2.67. The Morgan fingerprint density at radius 2 is 2.50 bits per heavy atom. The molecule has 1 atom stereocenters. The number of hydrogen-bond acceptors (Lipinski definition) is 3. The standard InChI is InChI=1S/C7H11N3O2/c1-3-6(2)9-5-4-7(8-9)10(11)12/h4-6H,3H2,1-2H3/t6-/m0/s1. The molecular formula is C7H11N3O2. The molecule has 1 rings (SSSR count). The third-order valence-electron chi connectivity index (χ3n) is 1.82. The van der Waals surface area contributed by atoms with E-state index in [-0.39, 0.29) is 11.9 Å². The van der Waals surface area contributed by atoms with Crippen molar-refractivity contribution in [2.24, 2.45) is 0 Å². The molecule has 5 heteroatoms. The van der Waals surface area contributed by atoms with E-state index >= 15 is 0 Å². The van der Waals surface area contributed by atoms with Crippen molar-refractivity contribution in [3.05, 3.63) is 22.4 Å². The van der Waals surface area contributed by atoms with Crippen molar-refractivity contribution in [3.63, 3.8) is 0 Å². The van der Waals surface area contributed by atoms with E-state index in [1.165, 1.54) is 6.07 Å². The van der Waals surface area contributed by atoms with Crippen molar-refractivity contribution in [1.29, 1.82) is 0 Å². The van der Waals surface area contributed by atoms with Gasteiger partial charge in [0.15, 0.2) is 0 Å². The minimum Gasteiger partial charge on any atom is -0.358 e. The Hall–Kier alpha value is -1.39. The molecule has 66 valence electrons. The first kappa shape index (κ1) is 8.70. The van der Waals surface area contributed by atoms with Crippen molar-refractivity contribution >= 4 is 5.82 Å². The van der Waals surface area contributed by atoms with Crippen LogP contribution < -0.4 is 0 Å². The van der Waals surface area contributed by atoms with Crippen LogP contribution in [-0.4, -0.2) is 14.7 Å². The molecule has 0 aliphatic carbocycles. The second kappa shape index (κ2) is 3.34. The zero-order chi connectivity index (χ0) is 9.14. The Bertz CT molecular complexity index is 282. The summed E-state index contributed by atoms with van der Waals surface area (Å²) in [6, 6.07) is 1.63. The SMILES string of the molecule is CC[C@H](C)n1ccc([N+](=O)[O-])n1. The highest BCUT2D eigenvalue weighted by Crippen LogP contribution is 2.12. The first-order valence-electron chi connectivity index (χ1n) is 3.84. The van der Waals surface area contributed by atoms with Gasteiger partial charge in [0.25, 0.3) is 0 Å². The normalized spacial score (nSPS) is 12.8. The van der Waals surface area contributed by atoms with E-state index in [0.29, 0.717) is 0 Å². The average Bonchev–Trinajstić information content (AvgIpc) is 2.51. The first-order chi connectivity index (χ1) is 5.65. The van der Waals surface area contributed by atoms with Gasteiger partial charge in [0.2, 0.25) is 0 Å². The fourth-order valence-corrected chi connectivity index (χ4v) is 0.858. The molecule has 0 saturated heterocycles. The summed E-state index contributed by atoms with van der Waals surface area (Å²) < 4.78 is 1.61. The smallest absolute Gasteiger partial charge is 0.358 e. The molecule has 5 nitrogen and oxygen atoms in total. The lowest BCUT2D eigenvalue weighted by Crippen LogP contribution is -2.04. The summed E-state index contributed by atoms with van der Waals surface area (Å²) in [5.41, 5.74) is 0. The Labute approximate surface area is 70.2 Å². The third kappa shape index (κ3) is 1.61. The van der Waals surface area contributed by atoms with Gasteiger partial charge in [-0.2, -0.15) is 4.68 Å². The number of hydrogen-bond donors (Lipinski definition) is 0. The summed E-state index contributed by atoms with van der Waals surface area (Å²) in [6.45, 7) is 3.98. The third-order valence-corrected chi connectivity index (χ3v) is 1.82. The Morgan fingerprint density at radius 3 is 2.92 bits per heavy atom. The van der Waals surface area contributed by atoms with E-state index < -0.39 is 4.92 Å². The summed E-state index contributed by atoms with van der Waals surface area (Å²) in [5.74, 6) is -0.0877. The summed E-state index contributed by atoms with van der Waals surface area (Å²) >= 11 is 0. The van der Waals surface area contributed by atoms with Gasteiger partial charge in [-0.1, -0.05) is 6.92 Å². The van der Waals surface area contributed by atoms with Gasteiger partial charge in [-0.3, -0.25) is 0 Å². The Morgan fingerprint density at radius 1 is 1.83 bits per heavy atom. The number of rotatable bonds is 3. The molecular weight excluding hydrogens is 158 g/mol. The number of nitro groups is 1. The molecule has 0 aliphatic rings. The minimum atomic E-state index is -0.487. The topological polar surface area (TPSA) is 61.0 Å². The molecule has 1 aromatic rings. The summed E-state index contributed by atoms with van der Waals surface area (Å²) in [7, 11) is 0. The molecule has 0 radical (unpaired) electrons. The van der Waals surface area contributed by atoms with Crippen LogP contribution in [0.2, 0.25) is 0 Å². The highest BCUT2D eigenvalue weighted by molar-refractivity contribution is 5.14. The molecule has 0 amide bonds. The van der Waals surface area contributed by atoms with E-state index in [9.17, 15) is 10.1 Å². The molecule has 12 heavy (non-hydrogen) atoms. The quantitative estimate of drug-likeness (QED) is 0.511. The molecule has 0 aromatic carbocycles. The zero-order valence-electron chi connectivity index (χ0n) is 7.10. The lowest BCUT2D eigenvalue weighted by atomic mass is 10.3. The lowest BCUT2D eigenvalue weighted by molar-refractivity contribution is -0.389. The van der Waals surface area contributed by atoms with Gasteiger partial charge >= 0.3 is 5.82 Å². The van der Waals surface area contributed by atoms with Crippen LogP contribution in [0.1, 0.15) is 26.3 Å². The Balaban J connectivity index is 2.84. The minimum absolute atomic E-state index is 0.0877. The summed E-state index contributed by atoms with van der Waals surface area (Å²) in [5, 5.41) is 14.1. The lowest BCUT2D eigenvalue weighted by Gasteiger charge is -2.02. The van der Waals surface area contributed by atoms with E-state index in [0.717, 1.165) is 6.42 Å². The summed E-state index contributed by atoms with van der Waals surface area (Å²) in [4.78, 5) is 9.77. The highest BCUT2D eigenvalue weighted by Gasteiger charge is 2.13. The molecule has 1 aromatic heterocycles. The van der Waals surface area contributed by atoms with Gasteiger partial charge in [-0.15, -0.1) is 0 Å². The van der Waals surface area contributed by atoms with Gasteiger partial charge in [0.1, 0.15) is 0 Å². The Kier molecular flexibility index (Phi) is 2.42. The van der Waals surface area contributed by atoms with Crippen molar-refractivity contribution in [3.8, 4) is 0 Å². The van der Waals surface area contributed by atoms with Crippen LogP contribution in [0.25, 0.3) is 0 Å². The first-order valence-corrected chi connectivity index (χ1v) is 3.84. The van der Waals surface area contributed by atoms with Crippen molar-refractivity contribution < 1.29 is 4.92 Å². The van der Waals surface area contributed by atoms with Gasteiger partial charge in [0.05, 0.1) is 23.4 Å². The van der Waals surface area contributed by atoms with Crippen molar-refractivity contribution in [2.75, 3.05) is 0 Å². The van der Waals surface area contributed by atoms with E-state index in [2.05, 4.69) is 5.10 Å².